The molecule has 1 heterocycles. The van der Waals surface area contributed by atoms with Crippen molar-refractivity contribution in [1.82, 2.24) is 0 Å². The van der Waals surface area contributed by atoms with Crippen LogP contribution in [0.25, 0.3) is 0 Å². The molecule has 22 heavy (non-hydrogen) atoms. The summed E-state index contributed by atoms with van der Waals surface area (Å²) in [7, 11) is 2.76. The zero-order valence-electron chi connectivity index (χ0n) is 12.8. The Kier molecular flexibility index (Phi) is 4.82. The van der Waals surface area contributed by atoms with E-state index in [1.54, 1.807) is 24.3 Å². The number of ketones is 1. The maximum Gasteiger partial charge on any atom is 0.373 e. The number of hydrogen-bond acceptors (Lipinski definition) is 6. The molecule has 0 fully saturated rings. The van der Waals surface area contributed by atoms with Crippen LogP contribution in [-0.4, -0.2) is 39.2 Å². The van der Waals surface area contributed by atoms with Gasteiger partial charge in [-0.15, -0.1) is 0 Å². The first-order chi connectivity index (χ1) is 10.6. The second-order valence-corrected chi connectivity index (χ2v) is 4.66. The van der Waals surface area contributed by atoms with Gasteiger partial charge in [0, 0.05) is 18.2 Å². The molecule has 0 saturated heterocycles. The molecule has 0 spiro atoms. The normalized spacial score (nSPS) is 20.3. The second kappa shape index (κ2) is 6.62. The van der Waals surface area contributed by atoms with Crippen LogP contribution in [-0.2, 0) is 29.4 Å². The Morgan fingerprint density at radius 1 is 1.32 bits per heavy atom. The van der Waals surface area contributed by atoms with Crippen molar-refractivity contribution in [2.75, 3.05) is 27.4 Å². The van der Waals surface area contributed by atoms with Gasteiger partial charge in [-0.05, 0) is 19.1 Å². The highest BCUT2D eigenvalue weighted by Crippen LogP contribution is 2.37. The van der Waals surface area contributed by atoms with Crippen LogP contribution in [0.1, 0.15) is 12.5 Å². The van der Waals surface area contributed by atoms with E-state index in [1.165, 1.54) is 14.2 Å². The van der Waals surface area contributed by atoms with Crippen molar-refractivity contribution in [2.45, 2.75) is 12.5 Å². The summed E-state index contributed by atoms with van der Waals surface area (Å²) in [5, 5.41) is 0. The molecule has 6 nitrogen and oxygen atoms in total. The Bertz CT molecular complexity index is 606. The van der Waals surface area contributed by atoms with Crippen molar-refractivity contribution in [2.24, 2.45) is 0 Å². The zero-order valence-corrected chi connectivity index (χ0v) is 12.8. The fourth-order valence-corrected chi connectivity index (χ4v) is 2.21. The highest BCUT2D eigenvalue weighted by atomic mass is 16.6. The van der Waals surface area contributed by atoms with E-state index in [4.69, 9.17) is 14.2 Å². The van der Waals surface area contributed by atoms with Crippen molar-refractivity contribution in [3.05, 3.63) is 41.7 Å². The smallest absolute Gasteiger partial charge is 0.373 e. The van der Waals surface area contributed by atoms with Gasteiger partial charge in [-0.25, -0.2) is 4.79 Å². The summed E-state index contributed by atoms with van der Waals surface area (Å²) < 4.78 is 20.9. The highest BCUT2D eigenvalue weighted by Gasteiger charge is 2.48. The summed E-state index contributed by atoms with van der Waals surface area (Å²) in [4.78, 5) is 24.1. The number of benzene rings is 1. The molecular formula is C16H18O6. The average molecular weight is 306 g/mol. The highest BCUT2D eigenvalue weighted by molar-refractivity contribution is 6.06. The summed E-state index contributed by atoms with van der Waals surface area (Å²) in [6.45, 7) is 2.22. The van der Waals surface area contributed by atoms with Gasteiger partial charge < -0.3 is 18.9 Å². The second-order valence-electron chi connectivity index (χ2n) is 4.66. The number of carbonyl (C=O) groups excluding carboxylic acids is 2. The van der Waals surface area contributed by atoms with Gasteiger partial charge in [-0.1, -0.05) is 12.1 Å². The zero-order chi connectivity index (χ0) is 16.2. The van der Waals surface area contributed by atoms with Gasteiger partial charge in [0.1, 0.15) is 5.75 Å². The molecular weight excluding hydrogens is 288 g/mol. The Morgan fingerprint density at radius 2 is 2.09 bits per heavy atom. The summed E-state index contributed by atoms with van der Waals surface area (Å²) in [6.07, 6.45) is 1.14. The molecule has 0 radical (unpaired) electrons. The van der Waals surface area contributed by atoms with Crippen LogP contribution in [0.15, 0.2) is 36.1 Å². The molecule has 1 aliphatic rings. The molecule has 1 aromatic rings. The van der Waals surface area contributed by atoms with Crippen LogP contribution in [0, 0.1) is 0 Å². The van der Waals surface area contributed by atoms with Crippen LogP contribution in [0.3, 0.4) is 0 Å². The van der Waals surface area contributed by atoms with Crippen molar-refractivity contribution >= 4 is 11.8 Å². The molecule has 1 unspecified atom stereocenters. The standard InChI is InChI=1S/C16H18O6/c1-4-21-10-16(11-6-5-7-12(8-11)19-2)14(17)9-13(22-16)15(18)20-3/h5-9H,4,10H2,1-3H3. The third-order valence-corrected chi connectivity index (χ3v) is 3.38. The summed E-state index contributed by atoms with van der Waals surface area (Å²) in [5.41, 5.74) is -0.839. The third kappa shape index (κ3) is 2.82. The Morgan fingerprint density at radius 3 is 2.73 bits per heavy atom. The predicted octanol–water partition coefficient (Wildman–Crippen LogP) is 1.58. The molecule has 0 saturated carbocycles. The Hall–Kier alpha value is -2.34. The van der Waals surface area contributed by atoms with Crippen LogP contribution in [0.4, 0.5) is 0 Å². The monoisotopic (exact) mass is 306 g/mol. The molecule has 0 amide bonds. The minimum atomic E-state index is -1.39. The molecule has 1 aliphatic heterocycles. The summed E-state index contributed by atoms with van der Waals surface area (Å²) >= 11 is 0. The van der Waals surface area contributed by atoms with Crippen LogP contribution in [0.5, 0.6) is 5.75 Å². The van der Waals surface area contributed by atoms with Crippen LogP contribution >= 0.6 is 0 Å². The van der Waals surface area contributed by atoms with Gasteiger partial charge >= 0.3 is 5.97 Å². The summed E-state index contributed by atoms with van der Waals surface area (Å²) in [5.74, 6) is -0.615. The van der Waals surface area contributed by atoms with Crippen molar-refractivity contribution in [3.8, 4) is 5.75 Å². The fraction of sp³-hybridized carbons (Fsp3) is 0.375. The molecule has 0 aliphatic carbocycles. The topological polar surface area (TPSA) is 71.1 Å². The third-order valence-electron chi connectivity index (χ3n) is 3.38. The number of ether oxygens (including phenoxy) is 4. The lowest BCUT2D eigenvalue weighted by atomic mass is 9.90. The minimum absolute atomic E-state index is 0.00745. The minimum Gasteiger partial charge on any atom is -0.497 e. The first-order valence-corrected chi connectivity index (χ1v) is 6.83. The molecule has 6 heteroatoms. The van der Waals surface area contributed by atoms with Gasteiger partial charge in [0.2, 0.25) is 17.1 Å². The lowest BCUT2D eigenvalue weighted by Gasteiger charge is -2.28. The molecule has 118 valence electrons. The first kappa shape index (κ1) is 16.0. The van der Waals surface area contributed by atoms with Crippen LogP contribution < -0.4 is 4.74 Å². The van der Waals surface area contributed by atoms with E-state index >= 15 is 0 Å². The van der Waals surface area contributed by atoms with E-state index < -0.39 is 11.6 Å². The van der Waals surface area contributed by atoms with Gasteiger partial charge in [-0.2, -0.15) is 0 Å². The number of carbonyl (C=O) groups is 2. The lowest BCUT2D eigenvalue weighted by Crippen LogP contribution is -2.39. The van der Waals surface area contributed by atoms with Gasteiger partial charge in [0.25, 0.3) is 0 Å². The Labute approximate surface area is 128 Å². The number of esters is 1. The maximum atomic E-state index is 12.5. The molecule has 0 bridgehead atoms. The van der Waals surface area contributed by atoms with E-state index in [2.05, 4.69) is 4.74 Å². The number of hydrogen-bond donors (Lipinski definition) is 0. The molecule has 1 atom stereocenters. The van der Waals surface area contributed by atoms with Crippen molar-refractivity contribution < 1.29 is 28.5 Å². The predicted molar refractivity (Wildman–Crippen MR) is 77.4 cm³/mol. The van der Waals surface area contributed by atoms with Gasteiger partial charge in [-0.3, -0.25) is 4.79 Å². The molecule has 0 aromatic heterocycles. The average Bonchev–Trinajstić information content (AvgIpc) is 2.90. The van der Waals surface area contributed by atoms with E-state index in [0.29, 0.717) is 17.9 Å². The first-order valence-electron chi connectivity index (χ1n) is 6.83. The molecule has 1 aromatic carbocycles. The maximum absolute atomic E-state index is 12.5. The SMILES string of the molecule is CCOCC1(c2cccc(OC)c2)OC(C(=O)OC)=CC1=O. The van der Waals surface area contributed by atoms with E-state index in [0.717, 1.165) is 6.08 Å². The van der Waals surface area contributed by atoms with E-state index in [9.17, 15) is 9.59 Å². The van der Waals surface area contributed by atoms with Crippen LogP contribution in [0.2, 0.25) is 0 Å². The van der Waals surface area contributed by atoms with E-state index in [1.807, 2.05) is 6.92 Å². The van der Waals surface area contributed by atoms with E-state index in [-0.39, 0.29) is 18.1 Å². The lowest BCUT2D eigenvalue weighted by molar-refractivity contribution is -0.149. The Balaban J connectivity index is 2.42. The fourth-order valence-electron chi connectivity index (χ4n) is 2.21. The molecule has 0 N–H and O–H groups in total. The number of methoxy groups -OCH3 is 2. The van der Waals surface area contributed by atoms with Crippen molar-refractivity contribution in [3.63, 3.8) is 0 Å². The number of rotatable bonds is 6. The quantitative estimate of drug-likeness (QED) is 0.743. The molecule has 2 rings (SSSR count). The van der Waals surface area contributed by atoms with Crippen molar-refractivity contribution in [1.29, 1.82) is 0 Å². The summed E-state index contributed by atoms with van der Waals surface area (Å²) in [6, 6.07) is 6.92. The van der Waals surface area contributed by atoms with Gasteiger partial charge in [0.15, 0.2) is 0 Å². The largest absolute Gasteiger partial charge is 0.497 e. The van der Waals surface area contributed by atoms with Gasteiger partial charge in [0.05, 0.1) is 20.8 Å².